The molecule has 13 nitrogen and oxygen atoms in total. The summed E-state index contributed by atoms with van der Waals surface area (Å²) in [6.07, 6.45) is 1.44. The molecule has 0 aliphatic heterocycles. The van der Waals surface area contributed by atoms with Gasteiger partial charge < -0.3 is 35.3 Å². The smallest absolute Gasteiger partial charge is 0.408 e. The molecular weight excluding hydrogens is 649 g/mol. The molecule has 1 unspecified atom stereocenters. The van der Waals surface area contributed by atoms with Gasteiger partial charge in [0, 0.05) is 24.7 Å². The fraction of sp³-hybridized carbons (Fsp3) is 0.314. The van der Waals surface area contributed by atoms with E-state index in [1.54, 1.807) is 0 Å². The third-order valence-electron chi connectivity index (χ3n) is 7.37. The van der Waals surface area contributed by atoms with E-state index in [-0.39, 0.29) is 31.8 Å². The molecule has 49 heavy (non-hydrogen) atoms. The SMILES string of the molecule is COC(=O)C=[P+]([O-])O[C@@H](CC(C)C)NC(=O)[C@H](Cc1cnc[nH]1)NC(=O)[C@@H](Cc1cccc2ccccc12)NC(=O)OCc1ccccc1. The molecule has 4 aromatic rings. The first-order valence-corrected chi connectivity index (χ1v) is 16.9. The van der Waals surface area contributed by atoms with E-state index in [1.165, 1.54) is 12.5 Å². The molecule has 4 rings (SSSR count). The molecule has 4 atom stereocenters. The quantitative estimate of drug-likeness (QED) is 0.0779. The number of rotatable bonds is 16. The van der Waals surface area contributed by atoms with Gasteiger partial charge in [-0.3, -0.25) is 9.59 Å². The average Bonchev–Trinajstić information content (AvgIpc) is 3.60. The van der Waals surface area contributed by atoms with Crippen LogP contribution < -0.4 is 20.8 Å². The van der Waals surface area contributed by atoms with Crippen LogP contribution in [0.4, 0.5) is 4.79 Å². The maximum atomic E-state index is 14.0. The summed E-state index contributed by atoms with van der Waals surface area (Å²) >= 11 is 0. The minimum absolute atomic E-state index is 0.00338. The number of fused-ring (bicyclic) bond motifs is 1. The van der Waals surface area contributed by atoms with Gasteiger partial charge in [-0.05, 0) is 34.2 Å². The van der Waals surface area contributed by atoms with Gasteiger partial charge in [0.2, 0.25) is 25.6 Å². The van der Waals surface area contributed by atoms with Crippen molar-refractivity contribution < 1.29 is 38.1 Å². The standard InChI is InChI=1S/C35H40N5O8P/c1-23(2)16-31(48-49(45)21-32(41)46-3)40-34(43)30(18-27-19-36-22-37-27)38-33(42)29(39-35(44)47-20-24-10-5-4-6-11-24)17-26-14-9-13-25-12-7-8-15-28(25)26/h4-15,19,21-23,29-31H,16-18,20H2,1-3H3,(H,36,37)(H,38,42)(H,39,44)(H,40,43)/t29-,30+,31+/m1/s1. The maximum Gasteiger partial charge on any atom is 0.408 e. The highest BCUT2D eigenvalue weighted by Gasteiger charge is 2.31. The number of H-pyrrole nitrogens is 1. The van der Waals surface area contributed by atoms with Crippen molar-refractivity contribution in [3.8, 4) is 0 Å². The number of ether oxygens (including phenoxy) is 2. The van der Waals surface area contributed by atoms with Gasteiger partial charge in [0.05, 0.1) is 13.4 Å². The Hall–Kier alpha value is -5.10. The van der Waals surface area contributed by atoms with Gasteiger partial charge in [-0.2, -0.15) is 4.52 Å². The monoisotopic (exact) mass is 689 g/mol. The lowest BCUT2D eigenvalue weighted by Crippen LogP contribution is -2.56. The molecule has 3 aromatic carbocycles. The molecule has 4 N–H and O–H groups in total. The second-order valence-corrected chi connectivity index (χ2v) is 12.7. The van der Waals surface area contributed by atoms with Crippen molar-refractivity contribution in [2.24, 2.45) is 5.92 Å². The summed E-state index contributed by atoms with van der Waals surface area (Å²) < 4.78 is 15.4. The second kappa shape index (κ2) is 18.4. The Morgan fingerprint density at radius 3 is 2.31 bits per heavy atom. The molecule has 0 saturated heterocycles. The molecule has 0 aliphatic rings. The van der Waals surface area contributed by atoms with Crippen molar-refractivity contribution in [2.75, 3.05) is 7.11 Å². The molecule has 1 heterocycles. The number of esters is 1. The highest BCUT2D eigenvalue weighted by Crippen LogP contribution is 2.21. The van der Waals surface area contributed by atoms with Gasteiger partial charge in [-0.15, -0.1) is 0 Å². The minimum atomic E-state index is -2.62. The van der Waals surface area contributed by atoms with Crippen LogP contribution in [0, 0.1) is 5.92 Å². The first-order valence-electron chi connectivity index (χ1n) is 15.7. The van der Waals surface area contributed by atoms with Crippen molar-refractivity contribution in [1.29, 1.82) is 0 Å². The number of alkyl carbamates (subject to hydrolysis) is 1. The normalized spacial score (nSPS) is 13.3. The van der Waals surface area contributed by atoms with Crippen molar-refractivity contribution in [3.63, 3.8) is 0 Å². The zero-order valence-corrected chi connectivity index (χ0v) is 28.4. The van der Waals surface area contributed by atoms with Gasteiger partial charge in [0.25, 0.3) is 0 Å². The Labute approximate surface area is 285 Å². The van der Waals surface area contributed by atoms with Gasteiger partial charge in [0.15, 0.2) is 6.23 Å². The van der Waals surface area contributed by atoms with Crippen LogP contribution in [0.2, 0.25) is 0 Å². The zero-order valence-electron chi connectivity index (χ0n) is 27.5. The topological polar surface area (TPSA) is 184 Å². The number of carbonyl (C=O) groups is 4. The molecule has 14 heteroatoms. The summed E-state index contributed by atoms with van der Waals surface area (Å²) in [6, 6.07) is 20.2. The van der Waals surface area contributed by atoms with Crippen LogP contribution in [0.5, 0.6) is 0 Å². The number of aromatic amines is 1. The third kappa shape index (κ3) is 11.8. The van der Waals surface area contributed by atoms with E-state index in [0.29, 0.717) is 5.69 Å². The largest absolute Gasteiger partial charge is 0.603 e. The summed E-state index contributed by atoms with van der Waals surface area (Å²) in [5, 5.41) is 10.0. The van der Waals surface area contributed by atoms with Gasteiger partial charge in [0.1, 0.15) is 18.7 Å². The van der Waals surface area contributed by atoms with Crippen LogP contribution in [0.15, 0.2) is 85.3 Å². The lowest BCUT2D eigenvalue weighted by Gasteiger charge is -2.25. The van der Waals surface area contributed by atoms with Crippen molar-refractivity contribution in [1.82, 2.24) is 25.9 Å². The zero-order chi connectivity index (χ0) is 35.2. The van der Waals surface area contributed by atoms with Crippen molar-refractivity contribution >= 4 is 48.4 Å². The highest BCUT2D eigenvalue weighted by molar-refractivity contribution is 7.47. The number of imidazole rings is 1. The Morgan fingerprint density at radius 1 is 0.898 bits per heavy atom. The molecule has 0 radical (unpaired) electrons. The molecule has 0 saturated carbocycles. The van der Waals surface area contributed by atoms with Crippen LogP contribution in [0.3, 0.4) is 0 Å². The molecule has 0 bridgehead atoms. The molecule has 258 valence electrons. The summed E-state index contributed by atoms with van der Waals surface area (Å²) in [4.78, 5) is 71.8. The Bertz CT molecular complexity index is 1730. The van der Waals surface area contributed by atoms with Gasteiger partial charge in [-0.1, -0.05) is 86.6 Å². The maximum absolute atomic E-state index is 14.0. The molecule has 1 aromatic heterocycles. The predicted molar refractivity (Wildman–Crippen MR) is 183 cm³/mol. The molecular formula is C35H40N5O8P. The molecule has 3 amide bonds. The van der Waals surface area contributed by atoms with Crippen molar-refractivity contribution in [2.45, 2.75) is 58.0 Å². The lowest BCUT2D eigenvalue weighted by atomic mass is 9.98. The number of hydrogen-bond donors (Lipinski definition) is 4. The van der Waals surface area contributed by atoms with E-state index in [1.807, 2.05) is 86.6 Å². The number of aromatic nitrogens is 2. The van der Waals surface area contributed by atoms with Crippen molar-refractivity contribution in [3.05, 3.63) is 102 Å². The molecule has 0 fully saturated rings. The number of nitrogens with one attached hydrogen (secondary N) is 4. The summed E-state index contributed by atoms with van der Waals surface area (Å²) in [5.74, 6) is -1.35. The van der Waals surface area contributed by atoms with Crippen LogP contribution in [0.25, 0.3) is 10.8 Å². The highest BCUT2D eigenvalue weighted by atomic mass is 31.1. The predicted octanol–water partition coefficient (Wildman–Crippen LogP) is 3.28. The van der Waals surface area contributed by atoms with Crippen LogP contribution >= 0.6 is 8.00 Å². The van der Waals surface area contributed by atoms with E-state index >= 15 is 0 Å². The van der Waals surface area contributed by atoms with E-state index in [2.05, 4.69) is 30.7 Å². The second-order valence-electron chi connectivity index (χ2n) is 11.6. The lowest BCUT2D eigenvalue weighted by molar-refractivity contribution is -0.177. The average molecular weight is 690 g/mol. The first kappa shape index (κ1) is 36.7. The van der Waals surface area contributed by atoms with E-state index < -0.39 is 50.2 Å². The van der Waals surface area contributed by atoms with E-state index in [0.717, 1.165) is 34.8 Å². The van der Waals surface area contributed by atoms with Crippen LogP contribution in [0.1, 0.15) is 37.1 Å². The number of hydrogen-bond acceptors (Lipinski definition) is 9. The number of carbonyl (C=O) groups excluding carboxylic acids is 4. The fourth-order valence-corrected chi connectivity index (χ4v) is 5.74. The summed E-state index contributed by atoms with van der Waals surface area (Å²) in [5.41, 5.74) is 2.12. The van der Waals surface area contributed by atoms with Crippen LogP contribution in [-0.4, -0.2) is 65.1 Å². The molecule has 0 aliphatic carbocycles. The summed E-state index contributed by atoms with van der Waals surface area (Å²) in [6.45, 7) is 3.75. The van der Waals surface area contributed by atoms with Crippen LogP contribution in [-0.2, 0) is 47.8 Å². The Kier molecular flexibility index (Phi) is 13.8. The fourth-order valence-electron chi connectivity index (χ4n) is 5.01. The number of methoxy groups -OCH3 is 1. The Morgan fingerprint density at radius 2 is 1.59 bits per heavy atom. The number of amides is 3. The van der Waals surface area contributed by atoms with Gasteiger partial charge >= 0.3 is 12.1 Å². The number of benzene rings is 3. The molecule has 0 spiro atoms. The van der Waals surface area contributed by atoms with E-state index in [4.69, 9.17) is 9.26 Å². The minimum Gasteiger partial charge on any atom is -0.603 e. The van der Waals surface area contributed by atoms with Gasteiger partial charge in [-0.25, -0.2) is 14.6 Å². The number of nitrogens with zero attached hydrogens (tertiary/aromatic N) is 1. The van der Waals surface area contributed by atoms with E-state index in [9.17, 15) is 24.1 Å². The summed E-state index contributed by atoms with van der Waals surface area (Å²) in [7, 11) is -1.47. The third-order valence-corrected chi connectivity index (χ3v) is 8.25. The first-order chi connectivity index (χ1) is 23.6. The Balaban J connectivity index is 1.57.